The zero-order chi connectivity index (χ0) is 14.7. The summed E-state index contributed by atoms with van der Waals surface area (Å²) in [6, 6.07) is 7.08. The van der Waals surface area contributed by atoms with Crippen LogP contribution in [0.25, 0.3) is 0 Å². The van der Waals surface area contributed by atoms with Crippen LogP contribution in [0.3, 0.4) is 0 Å². The van der Waals surface area contributed by atoms with Crippen LogP contribution in [0.5, 0.6) is 0 Å². The molecule has 5 heteroatoms. The number of nitrogens with zero attached hydrogens (tertiary/aromatic N) is 1. The van der Waals surface area contributed by atoms with Crippen LogP contribution in [0.15, 0.2) is 30.5 Å². The Bertz CT molecular complexity index is 619. The summed E-state index contributed by atoms with van der Waals surface area (Å²) in [5.41, 5.74) is 8.88. The number of primary amides is 1. The number of H-pyrrole nitrogens is 1. The lowest BCUT2D eigenvalue weighted by Gasteiger charge is -2.13. The maximum Gasteiger partial charge on any atom is 0.249 e. The van der Waals surface area contributed by atoms with Gasteiger partial charge in [-0.15, -0.1) is 0 Å². The molecule has 0 fully saturated rings. The fourth-order valence-electron chi connectivity index (χ4n) is 2.27. The van der Waals surface area contributed by atoms with E-state index in [0.717, 1.165) is 16.9 Å². The highest BCUT2D eigenvalue weighted by molar-refractivity contribution is 5.94. The number of nitrogens with two attached hydrogens (primary N) is 1. The van der Waals surface area contributed by atoms with Gasteiger partial charge in [-0.25, -0.2) is 4.39 Å². The fourth-order valence-corrected chi connectivity index (χ4v) is 2.27. The van der Waals surface area contributed by atoms with Crippen molar-refractivity contribution in [3.05, 3.63) is 52.8 Å². The van der Waals surface area contributed by atoms with E-state index in [2.05, 4.69) is 4.98 Å². The van der Waals surface area contributed by atoms with Crippen molar-refractivity contribution in [2.45, 2.75) is 13.1 Å². The maximum atomic E-state index is 13.0. The topological polar surface area (TPSA) is 62.1 Å². The van der Waals surface area contributed by atoms with Gasteiger partial charge in [0.25, 0.3) is 0 Å². The molecule has 1 amide bonds. The first-order valence-corrected chi connectivity index (χ1v) is 6.34. The van der Waals surface area contributed by atoms with Crippen molar-refractivity contribution in [3.63, 3.8) is 0 Å². The number of aromatic amines is 1. The Labute approximate surface area is 117 Å². The molecule has 0 saturated heterocycles. The van der Waals surface area contributed by atoms with Crippen molar-refractivity contribution in [2.24, 2.45) is 5.73 Å². The summed E-state index contributed by atoms with van der Waals surface area (Å²) < 4.78 is 13.0. The van der Waals surface area contributed by atoms with Crippen LogP contribution < -0.4 is 10.6 Å². The number of nitrogens with one attached hydrogen (secondary N) is 1. The number of aromatic nitrogens is 1. The predicted molar refractivity (Wildman–Crippen MR) is 77.7 cm³/mol. The Morgan fingerprint density at radius 1 is 1.35 bits per heavy atom. The van der Waals surface area contributed by atoms with Gasteiger partial charge in [0.2, 0.25) is 5.91 Å². The van der Waals surface area contributed by atoms with Gasteiger partial charge in [-0.05, 0) is 23.3 Å². The van der Waals surface area contributed by atoms with Crippen molar-refractivity contribution >= 4 is 11.6 Å². The largest absolute Gasteiger partial charge is 0.376 e. The number of alkyl halides is 1. The summed E-state index contributed by atoms with van der Waals surface area (Å²) in [6.07, 6.45) is 2.52. The Morgan fingerprint density at radius 3 is 2.70 bits per heavy atom. The second kappa shape index (κ2) is 5.77. The number of rotatable bonds is 5. The lowest BCUT2D eigenvalue weighted by atomic mass is 10.0. The predicted octanol–water partition coefficient (Wildman–Crippen LogP) is 2.24. The molecule has 0 aliphatic carbocycles. The average Bonchev–Trinajstić information content (AvgIpc) is 2.86. The molecule has 1 heterocycles. The monoisotopic (exact) mass is 275 g/mol. The Morgan fingerprint density at radius 2 is 2.10 bits per heavy atom. The Hall–Kier alpha value is -2.30. The quantitative estimate of drug-likeness (QED) is 0.879. The third-order valence-electron chi connectivity index (χ3n) is 3.25. The normalized spacial score (nSPS) is 10.6. The van der Waals surface area contributed by atoms with Crippen molar-refractivity contribution in [1.82, 2.24) is 4.98 Å². The van der Waals surface area contributed by atoms with Crippen LogP contribution in [-0.4, -0.2) is 25.0 Å². The summed E-state index contributed by atoms with van der Waals surface area (Å²) in [6.45, 7) is -0.697. The molecular formula is C15H18FN3O. The van der Waals surface area contributed by atoms with Crippen LogP contribution >= 0.6 is 0 Å². The molecule has 4 nitrogen and oxygen atoms in total. The molecule has 1 aromatic heterocycles. The number of amides is 1. The highest BCUT2D eigenvalue weighted by atomic mass is 19.1. The first-order valence-electron chi connectivity index (χ1n) is 6.34. The van der Waals surface area contributed by atoms with Crippen LogP contribution in [-0.2, 0) is 13.1 Å². The van der Waals surface area contributed by atoms with E-state index in [1.165, 1.54) is 0 Å². The smallest absolute Gasteiger partial charge is 0.249 e. The van der Waals surface area contributed by atoms with Crippen molar-refractivity contribution in [2.75, 3.05) is 19.0 Å². The summed E-state index contributed by atoms with van der Waals surface area (Å²) in [7, 11) is 3.94. The Balaban J connectivity index is 2.30. The first kappa shape index (κ1) is 14.1. The molecule has 0 saturated carbocycles. The summed E-state index contributed by atoms with van der Waals surface area (Å²) >= 11 is 0. The molecule has 0 aliphatic rings. The number of carbonyl (C=O) groups excluding carboxylic acids is 1. The maximum absolute atomic E-state index is 13.0. The van der Waals surface area contributed by atoms with Crippen molar-refractivity contribution in [1.29, 1.82) is 0 Å². The van der Waals surface area contributed by atoms with Crippen LogP contribution in [0, 0.1) is 0 Å². The molecule has 3 N–H and O–H groups in total. The summed E-state index contributed by atoms with van der Waals surface area (Å²) in [4.78, 5) is 16.4. The second-order valence-electron chi connectivity index (χ2n) is 4.90. The highest BCUT2D eigenvalue weighted by Crippen LogP contribution is 2.22. The zero-order valence-corrected chi connectivity index (χ0v) is 11.6. The van der Waals surface area contributed by atoms with Gasteiger partial charge in [0.15, 0.2) is 0 Å². The van der Waals surface area contributed by atoms with E-state index in [0.29, 0.717) is 12.0 Å². The van der Waals surface area contributed by atoms with E-state index in [9.17, 15) is 9.18 Å². The number of anilines is 1. The summed E-state index contributed by atoms with van der Waals surface area (Å²) in [5.74, 6) is -0.599. The Kier molecular flexibility index (Phi) is 4.08. The van der Waals surface area contributed by atoms with Gasteiger partial charge in [-0.2, -0.15) is 0 Å². The molecule has 106 valence electrons. The van der Waals surface area contributed by atoms with E-state index in [1.807, 2.05) is 31.3 Å². The van der Waals surface area contributed by atoms with Crippen LogP contribution in [0.2, 0.25) is 0 Å². The molecule has 0 atom stereocenters. The van der Waals surface area contributed by atoms with Gasteiger partial charge < -0.3 is 15.6 Å². The van der Waals surface area contributed by atoms with Gasteiger partial charge in [0.05, 0.1) is 5.69 Å². The molecule has 0 bridgehead atoms. The number of hydrogen-bond donors (Lipinski definition) is 2. The van der Waals surface area contributed by atoms with Crippen molar-refractivity contribution < 1.29 is 9.18 Å². The molecule has 0 aliphatic heterocycles. The molecule has 2 aromatic rings. The number of halogens is 1. The number of hydrogen-bond acceptors (Lipinski definition) is 2. The third-order valence-corrected chi connectivity index (χ3v) is 3.25. The van der Waals surface area contributed by atoms with E-state index in [4.69, 9.17) is 5.73 Å². The molecular weight excluding hydrogens is 257 g/mol. The zero-order valence-electron chi connectivity index (χ0n) is 11.6. The van der Waals surface area contributed by atoms with E-state index in [-0.39, 0.29) is 5.56 Å². The van der Waals surface area contributed by atoms with Gasteiger partial charge in [-0.3, -0.25) is 4.79 Å². The first-order chi connectivity index (χ1) is 9.52. The number of benzene rings is 1. The molecule has 0 radical (unpaired) electrons. The lowest BCUT2D eigenvalue weighted by molar-refractivity contribution is 0.0998. The summed E-state index contributed by atoms with van der Waals surface area (Å²) in [5, 5.41) is 0. The lowest BCUT2D eigenvalue weighted by Crippen LogP contribution is -2.14. The average molecular weight is 275 g/mol. The minimum absolute atomic E-state index is 0.246. The van der Waals surface area contributed by atoms with Gasteiger partial charge in [-0.1, -0.05) is 12.1 Å². The molecule has 1 aromatic carbocycles. The van der Waals surface area contributed by atoms with Crippen molar-refractivity contribution in [3.8, 4) is 0 Å². The molecule has 0 unspecified atom stereocenters. The SMILES string of the molecule is CN(C)c1cc[nH]c1Cc1ccc(C(N)=O)c(CF)c1. The van der Waals surface area contributed by atoms with Crippen LogP contribution in [0.4, 0.5) is 10.1 Å². The molecule has 20 heavy (non-hydrogen) atoms. The fraction of sp³-hybridized carbons (Fsp3) is 0.267. The number of carbonyl (C=O) groups is 1. The van der Waals surface area contributed by atoms with E-state index >= 15 is 0 Å². The molecule has 0 spiro atoms. The minimum atomic E-state index is -0.697. The van der Waals surface area contributed by atoms with Crippen LogP contribution in [0.1, 0.15) is 27.2 Å². The van der Waals surface area contributed by atoms with Gasteiger partial charge in [0.1, 0.15) is 6.67 Å². The van der Waals surface area contributed by atoms with Gasteiger partial charge in [0, 0.05) is 38.0 Å². The van der Waals surface area contributed by atoms with E-state index < -0.39 is 12.6 Å². The minimum Gasteiger partial charge on any atom is -0.376 e. The highest BCUT2D eigenvalue weighted by Gasteiger charge is 2.11. The standard InChI is InChI=1S/C15H18FN3O/c1-19(2)14-5-6-18-13(14)8-10-3-4-12(15(17)20)11(7-10)9-16/h3-7,18H,8-9H2,1-2H3,(H2,17,20). The third kappa shape index (κ3) is 2.82. The van der Waals surface area contributed by atoms with Gasteiger partial charge >= 0.3 is 0 Å². The second-order valence-corrected chi connectivity index (χ2v) is 4.90. The van der Waals surface area contributed by atoms with E-state index in [1.54, 1.807) is 18.2 Å². The molecule has 2 rings (SSSR count).